The molecule has 43 heavy (non-hydrogen) atoms. The van der Waals surface area contributed by atoms with Gasteiger partial charge in [0.05, 0.1) is 13.2 Å². The average molecular weight is 582 g/mol. The van der Waals surface area contributed by atoms with Crippen LogP contribution in [0.25, 0.3) is 10.9 Å². The van der Waals surface area contributed by atoms with Gasteiger partial charge in [-0.3, -0.25) is 10.1 Å². The third kappa shape index (κ3) is 4.49. The van der Waals surface area contributed by atoms with Crippen LogP contribution in [0, 0.1) is 0 Å². The number of nitrogens with zero attached hydrogens (tertiary/aromatic N) is 1. The number of hydrogen-bond donors (Lipinski definition) is 2. The number of H-pyrrole nitrogens is 1. The third-order valence-electron chi connectivity index (χ3n) is 8.63. The zero-order chi connectivity index (χ0) is 29.6. The van der Waals surface area contributed by atoms with Gasteiger partial charge in [-0.15, -0.1) is 0 Å². The zero-order valence-electron chi connectivity index (χ0n) is 23.6. The van der Waals surface area contributed by atoms with E-state index in [2.05, 4.69) is 10.3 Å². The van der Waals surface area contributed by atoms with E-state index in [1.54, 1.807) is 6.07 Å². The molecular weight excluding hydrogens is 550 g/mol. The van der Waals surface area contributed by atoms with E-state index in [-0.39, 0.29) is 26.2 Å². The minimum absolute atomic E-state index is 0.0224. The number of benzene rings is 3. The smallest absolute Gasteiger partial charge is 0.336 e. The molecular formula is C33H31N3O7. The highest BCUT2D eigenvalue weighted by molar-refractivity contribution is 6.09. The predicted molar refractivity (Wildman–Crippen MR) is 155 cm³/mol. The second-order valence-electron chi connectivity index (χ2n) is 11.0. The van der Waals surface area contributed by atoms with E-state index in [4.69, 9.17) is 18.9 Å². The molecule has 3 aromatic carbocycles. The summed E-state index contributed by atoms with van der Waals surface area (Å²) in [5.74, 6) is -0.642. The molecule has 1 amide bonds. The van der Waals surface area contributed by atoms with Gasteiger partial charge in [0.15, 0.2) is 17.0 Å². The first-order valence-electron chi connectivity index (χ1n) is 14.4. The third-order valence-corrected chi connectivity index (χ3v) is 8.63. The van der Waals surface area contributed by atoms with Crippen LogP contribution >= 0.6 is 0 Å². The molecule has 3 aliphatic rings. The average Bonchev–Trinajstić information content (AvgIpc) is 3.81. The molecule has 3 aliphatic heterocycles. The Bertz CT molecular complexity index is 1710. The van der Waals surface area contributed by atoms with Gasteiger partial charge in [0.1, 0.15) is 12.6 Å². The van der Waals surface area contributed by atoms with E-state index < -0.39 is 35.5 Å². The summed E-state index contributed by atoms with van der Waals surface area (Å²) in [4.78, 5) is 47.3. The summed E-state index contributed by atoms with van der Waals surface area (Å²) in [5, 5.41) is 4.13. The minimum atomic E-state index is -1.67. The normalized spacial score (nSPS) is 22.3. The first-order chi connectivity index (χ1) is 21.0. The number of esters is 2. The monoisotopic (exact) mass is 581 g/mol. The zero-order valence-corrected chi connectivity index (χ0v) is 23.6. The summed E-state index contributed by atoms with van der Waals surface area (Å²) in [6, 6.07) is 20.9. The van der Waals surface area contributed by atoms with Crippen molar-refractivity contribution in [3.05, 3.63) is 95.2 Å². The molecule has 4 heterocycles. The highest BCUT2D eigenvalue weighted by atomic mass is 16.7. The van der Waals surface area contributed by atoms with Gasteiger partial charge in [-0.1, -0.05) is 54.6 Å². The Labute approximate surface area is 247 Å². The second-order valence-corrected chi connectivity index (χ2v) is 11.0. The number of ether oxygens (including phenoxy) is 4. The topological polar surface area (TPSA) is 119 Å². The maximum atomic E-state index is 14.9. The van der Waals surface area contributed by atoms with Crippen LogP contribution in [0.5, 0.6) is 11.5 Å². The number of hydrogen-bond acceptors (Lipinski definition) is 8. The number of carbonyl (C=O) groups is 3. The summed E-state index contributed by atoms with van der Waals surface area (Å²) >= 11 is 0. The molecule has 2 N–H and O–H groups in total. The number of amides is 1. The van der Waals surface area contributed by atoms with Crippen molar-refractivity contribution in [2.45, 2.75) is 43.5 Å². The fourth-order valence-corrected chi connectivity index (χ4v) is 6.54. The predicted octanol–water partition coefficient (Wildman–Crippen LogP) is 3.78. The largest absolute Gasteiger partial charge is 0.467 e. The van der Waals surface area contributed by atoms with Crippen LogP contribution in [-0.4, -0.2) is 59.8 Å². The number of carbonyl (C=O) groups excluding carboxylic acids is 3. The fraction of sp³-hybridized carbons (Fsp3) is 0.303. The number of fused-ring (bicyclic) bond motifs is 4. The first-order valence-corrected chi connectivity index (χ1v) is 14.4. The van der Waals surface area contributed by atoms with Crippen molar-refractivity contribution in [3.8, 4) is 11.5 Å². The lowest BCUT2D eigenvalue weighted by Gasteiger charge is -2.44. The van der Waals surface area contributed by atoms with Gasteiger partial charge in [0, 0.05) is 23.0 Å². The Morgan fingerprint density at radius 2 is 1.79 bits per heavy atom. The summed E-state index contributed by atoms with van der Waals surface area (Å²) < 4.78 is 22.3. The SMILES string of the molecule is COC(=O)[C@H]1Cc2c([nH]c3ccccc23)[C@@H](c2ccc3c(c2)OCO3)N1C(=O)[C@]1(C(=O)OCc2ccccc2)CCCN1. The van der Waals surface area contributed by atoms with Crippen molar-refractivity contribution in [2.24, 2.45) is 0 Å². The number of nitrogens with one attached hydrogen (secondary N) is 2. The Morgan fingerprint density at radius 1 is 1.00 bits per heavy atom. The molecule has 1 aromatic heterocycles. The molecule has 3 atom stereocenters. The number of para-hydroxylation sites is 1. The fourth-order valence-electron chi connectivity index (χ4n) is 6.54. The van der Waals surface area contributed by atoms with Crippen LogP contribution in [0.15, 0.2) is 72.8 Å². The molecule has 220 valence electrons. The summed E-state index contributed by atoms with van der Waals surface area (Å²) in [6.45, 7) is 0.568. The van der Waals surface area contributed by atoms with Crippen molar-refractivity contribution < 1.29 is 33.3 Å². The highest BCUT2D eigenvalue weighted by Crippen LogP contribution is 2.45. The molecule has 0 saturated carbocycles. The van der Waals surface area contributed by atoms with E-state index in [0.29, 0.717) is 30.0 Å². The van der Waals surface area contributed by atoms with Gasteiger partial charge in [0.25, 0.3) is 5.91 Å². The number of rotatable bonds is 6. The molecule has 4 aromatic rings. The van der Waals surface area contributed by atoms with Crippen LogP contribution in [0.2, 0.25) is 0 Å². The lowest BCUT2D eigenvalue weighted by Crippen LogP contribution is -2.65. The van der Waals surface area contributed by atoms with Gasteiger partial charge >= 0.3 is 11.9 Å². The molecule has 10 nitrogen and oxygen atoms in total. The van der Waals surface area contributed by atoms with Crippen molar-refractivity contribution in [3.63, 3.8) is 0 Å². The Kier molecular flexibility index (Phi) is 6.78. The molecule has 0 spiro atoms. The minimum Gasteiger partial charge on any atom is -0.467 e. The van der Waals surface area contributed by atoms with Crippen molar-refractivity contribution in [1.82, 2.24) is 15.2 Å². The molecule has 7 rings (SSSR count). The van der Waals surface area contributed by atoms with Gasteiger partial charge < -0.3 is 28.8 Å². The maximum Gasteiger partial charge on any atom is 0.336 e. The summed E-state index contributed by atoms with van der Waals surface area (Å²) in [6.07, 6.45) is 1.04. The lowest BCUT2D eigenvalue weighted by atomic mass is 9.84. The van der Waals surface area contributed by atoms with Crippen LogP contribution in [0.1, 0.15) is 41.3 Å². The molecule has 0 radical (unpaired) electrons. The van der Waals surface area contributed by atoms with Gasteiger partial charge in [-0.25, -0.2) is 9.59 Å². The van der Waals surface area contributed by atoms with Crippen LogP contribution in [0.4, 0.5) is 0 Å². The van der Waals surface area contributed by atoms with Crippen molar-refractivity contribution in [1.29, 1.82) is 0 Å². The van der Waals surface area contributed by atoms with E-state index in [9.17, 15) is 14.4 Å². The van der Waals surface area contributed by atoms with E-state index in [1.807, 2.05) is 66.7 Å². The van der Waals surface area contributed by atoms with E-state index in [0.717, 1.165) is 27.7 Å². The molecule has 10 heteroatoms. The summed E-state index contributed by atoms with van der Waals surface area (Å²) in [5.41, 5.74) is 2.40. The first kappa shape index (κ1) is 27.0. The van der Waals surface area contributed by atoms with Crippen LogP contribution < -0.4 is 14.8 Å². The Morgan fingerprint density at radius 3 is 2.58 bits per heavy atom. The Balaban J connectivity index is 1.36. The van der Waals surface area contributed by atoms with Gasteiger partial charge in [0.2, 0.25) is 6.79 Å². The van der Waals surface area contributed by atoms with Crippen LogP contribution in [0.3, 0.4) is 0 Å². The van der Waals surface area contributed by atoms with E-state index >= 15 is 0 Å². The lowest BCUT2D eigenvalue weighted by molar-refractivity contribution is -0.167. The number of methoxy groups -OCH3 is 1. The highest BCUT2D eigenvalue weighted by Gasteiger charge is 2.56. The second kappa shape index (κ2) is 10.8. The molecule has 0 aliphatic carbocycles. The van der Waals surface area contributed by atoms with Gasteiger partial charge in [-0.2, -0.15) is 0 Å². The Hall–Kier alpha value is -4.83. The van der Waals surface area contributed by atoms with Crippen molar-refractivity contribution >= 4 is 28.7 Å². The van der Waals surface area contributed by atoms with Crippen LogP contribution in [-0.2, 0) is 36.9 Å². The quantitative estimate of drug-likeness (QED) is 0.261. The molecule has 1 saturated heterocycles. The standard InChI is InChI=1S/C33H31N3O7/c1-40-30(37)25-17-23-22-10-5-6-11-24(22)35-28(23)29(21-12-13-26-27(16-21)43-19-42-26)36(25)31(38)33(14-7-15-34-33)32(39)41-18-20-8-3-2-4-9-20/h2-6,8-13,16,25,29,34-35H,7,14-15,17-19H2,1H3/t25-,29-,33+/m1/s1. The number of aromatic amines is 1. The van der Waals surface area contributed by atoms with Gasteiger partial charge in [-0.05, 0) is 54.3 Å². The maximum absolute atomic E-state index is 14.9. The summed E-state index contributed by atoms with van der Waals surface area (Å²) in [7, 11) is 1.31. The molecule has 0 bridgehead atoms. The molecule has 1 fully saturated rings. The number of aromatic nitrogens is 1. The molecule has 0 unspecified atom stereocenters. The van der Waals surface area contributed by atoms with E-state index in [1.165, 1.54) is 12.0 Å². The van der Waals surface area contributed by atoms with Crippen molar-refractivity contribution in [2.75, 3.05) is 20.4 Å².